The number of nitrogens with one attached hydrogen (secondary N) is 2. The van der Waals surface area contributed by atoms with Crippen molar-refractivity contribution in [2.24, 2.45) is 0 Å². The highest BCUT2D eigenvalue weighted by molar-refractivity contribution is 7.13. The molecule has 9 heteroatoms. The lowest BCUT2D eigenvalue weighted by Crippen LogP contribution is -2.28. The van der Waals surface area contributed by atoms with E-state index < -0.39 is 0 Å². The number of pyridine rings is 1. The van der Waals surface area contributed by atoms with Crippen LogP contribution in [0.5, 0.6) is 0 Å². The maximum atomic E-state index is 11.6. The summed E-state index contributed by atoms with van der Waals surface area (Å²) in [6.07, 6.45) is 5.20. The Bertz CT molecular complexity index is 694. The summed E-state index contributed by atoms with van der Waals surface area (Å²) in [6, 6.07) is 5.22. The van der Waals surface area contributed by atoms with Crippen molar-refractivity contribution in [3.63, 3.8) is 0 Å². The van der Waals surface area contributed by atoms with E-state index in [1.165, 1.54) is 11.3 Å². The van der Waals surface area contributed by atoms with Gasteiger partial charge in [-0.3, -0.25) is 5.32 Å². The van der Waals surface area contributed by atoms with Crippen LogP contribution >= 0.6 is 11.3 Å². The summed E-state index contributed by atoms with van der Waals surface area (Å²) in [7, 11) is 0. The molecule has 8 nitrogen and oxygen atoms in total. The number of amides is 2. The lowest BCUT2D eigenvalue weighted by molar-refractivity contribution is 0.251. The molecule has 0 bridgehead atoms. The third-order valence-electron chi connectivity index (χ3n) is 2.58. The maximum absolute atomic E-state index is 11.6. The van der Waals surface area contributed by atoms with Crippen LogP contribution in [0.25, 0.3) is 5.82 Å². The van der Waals surface area contributed by atoms with Gasteiger partial charge in [0.1, 0.15) is 5.51 Å². The van der Waals surface area contributed by atoms with Crippen molar-refractivity contribution in [3.8, 4) is 5.82 Å². The quantitative estimate of drug-likeness (QED) is 0.760. The van der Waals surface area contributed by atoms with Crippen molar-refractivity contribution in [3.05, 3.63) is 47.9 Å². The summed E-state index contributed by atoms with van der Waals surface area (Å²) in [4.78, 5) is 15.9. The highest BCUT2D eigenvalue weighted by atomic mass is 32.1. The van der Waals surface area contributed by atoms with Crippen LogP contribution in [0.2, 0.25) is 0 Å². The predicted molar refractivity (Wildman–Crippen MR) is 77.1 cm³/mol. The van der Waals surface area contributed by atoms with Crippen LogP contribution in [-0.4, -0.2) is 31.0 Å². The summed E-state index contributed by atoms with van der Waals surface area (Å²) in [5.41, 5.74) is 2.44. The van der Waals surface area contributed by atoms with Crippen molar-refractivity contribution in [1.82, 2.24) is 30.3 Å². The van der Waals surface area contributed by atoms with Crippen molar-refractivity contribution >= 4 is 22.5 Å². The fourth-order valence-corrected chi connectivity index (χ4v) is 2.05. The second-order valence-electron chi connectivity index (χ2n) is 4.03. The average molecular weight is 301 g/mol. The minimum absolute atomic E-state index is 0.331. The van der Waals surface area contributed by atoms with Crippen LogP contribution in [0.1, 0.15) is 5.56 Å². The molecule has 0 radical (unpaired) electrons. The number of carbonyl (C=O) groups is 1. The fourth-order valence-electron chi connectivity index (χ4n) is 1.61. The zero-order valence-electron chi connectivity index (χ0n) is 10.8. The van der Waals surface area contributed by atoms with Crippen LogP contribution in [0.4, 0.5) is 9.93 Å². The van der Waals surface area contributed by atoms with Gasteiger partial charge in [-0.15, -0.1) is 10.2 Å². The van der Waals surface area contributed by atoms with Gasteiger partial charge in [0.25, 0.3) is 0 Å². The van der Waals surface area contributed by atoms with Crippen molar-refractivity contribution < 1.29 is 4.79 Å². The Kier molecular flexibility index (Phi) is 3.83. The smallest absolute Gasteiger partial charge is 0.321 e. The van der Waals surface area contributed by atoms with Crippen LogP contribution in [0.15, 0.2) is 42.3 Å². The number of hydrogen-bond acceptors (Lipinski definition) is 6. The van der Waals surface area contributed by atoms with E-state index in [2.05, 4.69) is 30.9 Å². The molecule has 0 fully saturated rings. The molecule has 3 aromatic heterocycles. The third-order valence-corrected chi connectivity index (χ3v) is 3.19. The van der Waals surface area contributed by atoms with Gasteiger partial charge in [-0.25, -0.2) is 14.5 Å². The molecule has 2 N–H and O–H groups in total. The van der Waals surface area contributed by atoms with Gasteiger partial charge in [0.15, 0.2) is 5.82 Å². The normalized spacial score (nSPS) is 10.3. The van der Waals surface area contributed by atoms with Crippen LogP contribution < -0.4 is 10.6 Å². The SMILES string of the molecule is O=C(NCc1ccc(-n2cccn2)nc1)Nc1nncs1. The standard InChI is InChI=1S/C12H11N7OS/c20-11(17-12-18-15-8-21-12)14-7-9-2-3-10(13-6-9)19-5-1-4-16-19/h1-6,8H,7H2,(H2,14,17,18,20). The molecular formula is C12H11N7OS. The Balaban J connectivity index is 1.55. The molecule has 0 aliphatic rings. The zero-order valence-corrected chi connectivity index (χ0v) is 11.6. The van der Waals surface area contributed by atoms with Gasteiger partial charge < -0.3 is 5.32 Å². The Hall–Kier alpha value is -2.81. The highest BCUT2D eigenvalue weighted by Crippen LogP contribution is 2.08. The average Bonchev–Trinajstić information content (AvgIpc) is 3.19. The van der Waals surface area contributed by atoms with E-state index in [4.69, 9.17) is 0 Å². The molecule has 106 valence electrons. The minimum Gasteiger partial charge on any atom is -0.334 e. The first kappa shape index (κ1) is 13.2. The molecule has 0 aromatic carbocycles. The molecule has 0 saturated heterocycles. The van der Waals surface area contributed by atoms with Gasteiger partial charge in [0.2, 0.25) is 5.13 Å². The Morgan fingerprint density at radius 2 is 2.33 bits per heavy atom. The van der Waals surface area contributed by atoms with Crippen molar-refractivity contribution in [2.45, 2.75) is 6.54 Å². The molecule has 0 saturated carbocycles. The van der Waals surface area contributed by atoms with Gasteiger partial charge >= 0.3 is 6.03 Å². The second-order valence-corrected chi connectivity index (χ2v) is 4.86. The number of aromatic nitrogens is 5. The van der Waals surface area contributed by atoms with E-state index >= 15 is 0 Å². The third kappa shape index (κ3) is 3.39. The first-order valence-electron chi connectivity index (χ1n) is 6.07. The molecule has 0 aliphatic heterocycles. The molecule has 3 heterocycles. The topological polar surface area (TPSA) is 97.6 Å². The van der Waals surface area contributed by atoms with E-state index in [9.17, 15) is 4.79 Å². The summed E-state index contributed by atoms with van der Waals surface area (Å²) >= 11 is 1.26. The molecule has 0 atom stereocenters. The summed E-state index contributed by atoms with van der Waals surface area (Å²) in [5, 5.41) is 17.2. The van der Waals surface area contributed by atoms with Crippen LogP contribution in [0.3, 0.4) is 0 Å². The number of anilines is 1. The molecule has 3 rings (SSSR count). The maximum Gasteiger partial charge on any atom is 0.321 e. The number of rotatable bonds is 4. The number of carbonyl (C=O) groups excluding carboxylic acids is 1. The molecule has 0 spiro atoms. The first-order chi connectivity index (χ1) is 10.3. The Morgan fingerprint density at radius 1 is 1.38 bits per heavy atom. The van der Waals surface area contributed by atoms with Crippen LogP contribution in [0, 0.1) is 0 Å². The monoisotopic (exact) mass is 301 g/mol. The van der Waals surface area contributed by atoms with E-state index in [-0.39, 0.29) is 6.03 Å². The highest BCUT2D eigenvalue weighted by Gasteiger charge is 2.04. The van der Waals surface area contributed by atoms with Gasteiger partial charge in [-0.2, -0.15) is 5.10 Å². The van der Waals surface area contributed by atoms with E-state index in [1.807, 2.05) is 24.4 Å². The number of nitrogens with zero attached hydrogens (tertiary/aromatic N) is 5. The predicted octanol–water partition coefficient (Wildman–Crippen LogP) is 1.44. The molecule has 3 aromatic rings. The van der Waals surface area contributed by atoms with Gasteiger partial charge in [-0.1, -0.05) is 17.4 Å². The minimum atomic E-state index is -0.331. The van der Waals surface area contributed by atoms with Gasteiger partial charge in [0, 0.05) is 25.1 Å². The number of hydrogen-bond donors (Lipinski definition) is 2. The van der Waals surface area contributed by atoms with E-state index in [0.717, 1.165) is 11.4 Å². The molecule has 0 aliphatic carbocycles. The second kappa shape index (κ2) is 6.09. The van der Waals surface area contributed by atoms with E-state index in [0.29, 0.717) is 11.7 Å². The molecular weight excluding hydrogens is 290 g/mol. The van der Waals surface area contributed by atoms with E-state index in [1.54, 1.807) is 22.6 Å². The van der Waals surface area contributed by atoms with Gasteiger partial charge in [0.05, 0.1) is 0 Å². The van der Waals surface area contributed by atoms with Crippen LogP contribution in [-0.2, 0) is 6.54 Å². The summed E-state index contributed by atoms with van der Waals surface area (Å²) < 4.78 is 1.67. The lowest BCUT2D eigenvalue weighted by atomic mass is 10.3. The zero-order chi connectivity index (χ0) is 14.5. The van der Waals surface area contributed by atoms with Gasteiger partial charge in [-0.05, 0) is 17.7 Å². The van der Waals surface area contributed by atoms with Crippen molar-refractivity contribution in [2.75, 3.05) is 5.32 Å². The number of urea groups is 1. The summed E-state index contributed by atoms with van der Waals surface area (Å²) in [6.45, 7) is 0.372. The summed E-state index contributed by atoms with van der Waals surface area (Å²) in [5.74, 6) is 0.724. The lowest BCUT2D eigenvalue weighted by Gasteiger charge is -2.06. The largest absolute Gasteiger partial charge is 0.334 e. The molecule has 2 amide bonds. The first-order valence-corrected chi connectivity index (χ1v) is 6.95. The molecule has 0 unspecified atom stereocenters. The Labute approximate surface area is 123 Å². The molecule has 21 heavy (non-hydrogen) atoms. The Morgan fingerprint density at radius 3 is 3.00 bits per heavy atom. The van der Waals surface area contributed by atoms with Crippen molar-refractivity contribution in [1.29, 1.82) is 0 Å². The fraction of sp³-hybridized carbons (Fsp3) is 0.0833.